The first-order chi connectivity index (χ1) is 12.9. The van der Waals surface area contributed by atoms with Crippen molar-refractivity contribution in [3.05, 3.63) is 59.9 Å². The van der Waals surface area contributed by atoms with E-state index in [-0.39, 0.29) is 17.5 Å². The van der Waals surface area contributed by atoms with Crippen LogP contribution in [-0.2, 0) is 4.79 Å². The Balaban J connectivity index is 1.56. The predicted molar refractivity (Wildman–Crippen MR) is 102 cm³/mol. The highest BCUT2D eigenvalue weighted by Crippen LogP contribution is 2.19. The van der Waals surface area contributed by atoms with Gasteiger partial charge in [0.25, 0.3) is 5.91 Å². The van der Waals surface area contributed by atoms with Gasteiger partial charge in [0.15, 0.2) is 11.9 Å². The van der Waals surface area contributed by atoms with Crippen molar-refractivity contribution in [1.29, 1.82) is 0 Å². The van der Waals surface area contributed by atoms with Crippen molar-refractivity contribution in [2.24, 2.45) is 0 Å². The summed E-state index contributed by atoms with van der Waals surface area (Å²) < 4.78 is 18.8. The molecule has 0 aliphatic carbocycles. The highest BCUT2D eigenvalue weighted by atomic mass is 19.1. The van der Waals surface area contributed by atoms with Crippen molar-refractivity contribution >= 4 is 17.4 Å². The van der Waals surface area contributed by atoms with E-state index in [1.54, 1.807) is 48.2 Å². The molecule has 1 atom stereocenters. The molecule has 5 nitrogen and oxygen atoms in total. The van der Waals surface area contributed by atoms with Crippen molar-refractivity contribution in [1.82, 2.24) is 4.90 Å². The van der Waals surface area contributed by atoms with Crippen LogP contribution in [0.3, 0.4) is 0 Å². The lowest BCUT2D eigenvalue weighted by Crippen LogP contribution is -2.52. The molecule has 1 saturated heterocycles. The van der Waals surface area contributed by atoms with Crippen LogP contribution in [0.25, 0.3) is 0 Å². The first-order valence-corrected chi connectivity index (χ1v) is 9.01. The van der Waals surface area contributed by atoms with Crippen LogP contribution >= 0.6 is 0 Å². The monoisotopic (exact) mass is 370 g/mol. The number of Topliss-reactive ketones (excluding diaryl/α,β-unsaturated/α-hetero) is 1. The van der Waals surface area contributed by atoms with E-state index in [1.807, 2.05) is 0 Å². The predicted octanol–water partition coefficient (Wildman–Crippen LogP) is 3.14. The molecule has 0 aromatic heterocycles. The Morgan fingerprint density at radius 1 is 1.04 bits per heavy atom. The molecule has 2 aromatic rings. The number of rotatable bonds is 5. The molecular formula is C21H23FN2O3. The van der Waals surface area contributed by atoms with Crippen molar-refractivity contribution in [3.8, 4) is 5.75 Å². The number of benzene rings is 2. The van der Waals surface area contributed by atoms with Crippen LogP contribution in [-0.4, -0.2) is 48.9 Å². The number of hydrogen-bond acceptors (Lipinski definition) is 4. The molecule has 1 unspecified atom stereocenters. The molecule has 1 heterocycles. The van der Waals surface area contributed by atoms with E-state index < -0.39 is 6.10 Å². The smallest absolute Gasteiger partial charge is 0.263 e. The minimum Gasteiger partial charge on any atom is -0.481 e. The van der Waals surface area contributed by atoms with Gasteiger partial charge in [0, 0.05) is 37.4 Å². The second kappa shape index (κ2) is 8.20. The van der Waals surface area contributed by atoms with Gasteiger partial charge in [-0.25, -0.2) is 4.39 Å². The minimum atomic E-state index is -0.635. The van der Waals surface area contributed by atoms with Crippen LogP contribution in [0.15, 0.2) is 48.5 Å². The number of carbonyl (C=O) groups is 2. The van der Waals surface area contributed by atoms with Gasteiger partial charge < -0.3 is 14.5 Å². The molecule has 1 aliphatic heterocycles. The van der Waals surface area contributed by atoms with Gasteiger partial charge in [-0.3, -0.25) is 9.59 Å². The Morgan fingerprint density at radius 3 is 2.33 bits per heavy atom. The SMILES string of the molecule is CC(=O)c1cccc(OC(C)C(=O)N2CCN(c3ccc(F)cc3)CC2)c1. The molecule has 2 aromatic carbocycles. The standard InChI is InChI=1S/C21H23FN2O3/c1-15(25)17-4-3-5-20(14-17)27-16(2)21(26)24-12-10-23(11-13-24)19-8-6-18(22)7-9-19/h3-9,14,16H,10-13H2,1-2H3. The second-order valence-corrected chi connectivity index (χ2v) is 6.63. The van der Waals surface area contributed by atoms with E-state index in [1.165, 1.54) is 19.1 Å². The van der Waals surface area contributed by atoms with Gasteiger partial charge in [-0.05, 0) is 50.2 Å². The lowest BCUT2D eigenvalue weighted by atomic mass is 10.1. The number of nitrogens with zero attached hydrogens (tertiary/aromatic N) is 2. The van der Waals surface area contributed by atoms with E-state index in [0.29, 0.717) is 37.5 Å². The van der Waals surface area contributed by atoms with Crippen LogP contribution in [0.1, 0.15) is 24.2 Å². The molecular weight excluding hydrogens is 347 g/mol. The first-order valence-electron chi connectivity index (χ1n) is 9.01. The molecule has 0 saturated carbocycles. The van der Waals surface area contributed by atoms with E-state index in [4.69, 9.17) is 4.74 Å². The fraction of sp³-hybridized carbons (Fsp3) is 0.333. The highest BCUT2D eigenvalue weighted by molar-refractivity contribution is 5.94. The molecule has 1 aliphatic rings. The maximum Gasteiger partial charge on any atom is 0.263 e. The van der Waals surface area contributed by atoms with E-state index in [2.05, 4.69) is 4.90 Å². The summed E-state index contributed by atoms with van der Waals surface area (Å²) in [6.07, 6.45) is -0.635. The van der Waals surface area contributed by atoms with Gasteiger partial charge in [0.1, 0.15) is 11.6 Å². The third kappa shape index (κ3) is 4.64. The zero-order valence-electron chi connectivity index (χ0n) is 15.5. The Morgan fingerprint density at radius 2 is 1.70 bits per heavy atom. The second-order valence-electron chi connectivity index (χ2n) is 6.63. The number of halogens is 1. The van der Waals surface area contributed by atoms with Gasteiger partial charge in [0.2, 0.25) is 0 Å². The van der Waals surface area contributed by atoms with Crippen LogP contribution in [0.4, 0.5) is 10.1 Å². The normalized spacial score (nSPS) is 15.4. The van der Waals surface area contributed by atoms with E-state index in [0.717, 1.165) is 5.69 Å². The molecule has 0 radical (unpaired) electrons. The third-order valence-electron chi connectivity index (χ3n) is 4.68. The first kappa shape index (κ1) is 18.9. The van der Waals surface area contributed by atoms with Crippen LogP contribution in [0, 0.1) is 5.82 Å². The quantitative estimate of drug-likeness (QED) is 0.759. The molecule has 27 heavy (non-hydrogen) atoms. The fourth-order valence-electron chi connectivity index (χ4n) is 3.14. The van der Waals surface area contributed by atoms with Crippen molar-refractivity contribution < 1.29 is 18.7 Å². The summed E-state index contributed by atoms with van der Waals surface area (Å²) in [5.74, 6) is 0.124. The maximum atomic E-state index is 13.1. The Kier molecular flexibility index (Phi) is 5.74. The summed E-state index contributed by atoms with van der Waals surface area (Å²) in [6.45, 7) is 5.74. The number of anilines is 1. The van der Waals surface area contributed by atoms with Crippen molar-refractivity contribution in [2.45, 2.75) is 20.0 Å². The number of ether oxygens (including phenoxy) is 1. The molecule has 6 heteroatoms. The van der Waals surface area contributed by atoms with Crippen molar-refractivity contribution in [3.63, 3.8) is 0 Å². The summed E-state index contributed by atoms with van der Waals surface area (Å²) in [6, 6.07) is 13.2. The Hall–Kier alpha value is -2.89. The van der Waals surface area contributed by atoms with Gasteiger partial charge in [-0.15, -0.1) is 0 Å². The third-order valence-corrected chi connectivity index (χ3v) is 4.68. The van der Waals surface area contributed by atoms with Gasteiger partial charge >= 0.3 is 0 Å². The Bertz CT molecular complexity index is 814. The van der Waals surface area contributed by atoms with E-state index >= 15 is 0 Å². The zero-order chi connectivity index (χ0) is 19.4. The number of carbonyl (C=O) groups excluding carboxylic acids is 2. The van der Waals surface area contributed by atoms with Crippen LogP contribution in [0.2, 0.25) is 0 Å². The van der Waals surface area contributed by atoms with Crippen LogP contribution in [0.5, 0.6) is 5.75 Å². The Labute approximate surface area is 158 Å². The number of amides is 1. The molecule has 1 amide bonds. The van der Waals surface area contributed by atoms with Gasteiger partial charge in [-0.1, -0.05) is 12.1 Å². The topological polar surface area (TPSA) is 49.9 Å². The van der Waals surface area contributed by atoms with Gasteiger partial charge in [0.05, 0.1) is 0 Å². The lowest BCUT2D eigenvalue weighted by molar-refractivity contribution is -0.138. The molecule has 3 rings (SSSR count). The summed E-state index contributed by atoms with van der Waals surface area (Å²) in [4.78, 5) is 28.1. The number of hydrogen-bond donors (Lipinski definition) is 0. The maximum absolute atomic E-state index is 13.1. The van der Waals surface area contributed by atoms with Crippen molar-refractivity contribution in [2.75, 3.05) is 31.1 Å². The summed E-state index contributed by atoms with van der Waals surface area (Å²) >= 11 is 0. The van der Waals surface area contributed by atoms with Crippen LogP contribution < -0.4 is 9.64 Å². The molecule has 142 valence electrons. The zero-order valence-corrected chi connectivity index (χ0v) is 15.5. The summed E-state index contributed by atoms with van der Waals surface area (Å²) in [5.41, 5.74) is 1.51. The molecule has 0 N–H and O–H groups in total. The summed E-state index contributed by atoms with van der Waals surface area (Å²) in [7, 11) is 0. The molecule has 0 spiro atoms. The average molecular weight is 370 g/mol. The number of ketones is 1. The number of piperazine rings is 1. The molecule has 1 fully saturated rings. The highest BCUT2D eigenvalue weighted by Gasteiger charge is 2.26. The lowest BCUT2D eigenvalue weighted by Gasteiger charge is -2.37. The molecule has 0 bridgehead atoms. The fourth-order valence-corrected chi connectivity index (χ4v) is 3.14. The van der Waals surface area contributed by atoms with E-state index in [9.17, 15) is 14.0 Å². The average Bonchev–Trinajstić information content (AvgIpc) is 2.68. The largest absolute Gasteiger partial charge is 0.481 e. The minimum absolute atomic E-state index is 0.0451. The summed E-state index contributed by atoms with van der Waals surface area (Å²) in [5, 5.41) is 0. The van der Waals surface area contributed by atoms with Gasteiger partial charge in [-0.2, -0.15) is 0 Å².